The Morgan fingerprint density at radius 3 is 2.60 bits per heavy atom. The molecule has 0 unspecified atom stereocenters. The molecule has 0 atom stereocenters. The molecule has 20 heavy (non-hydrogen) atoms. The second-order valence-corrected chi connectivity index (χ2v) is 5.35. The molecule has 4 heteroatoms. The Labute approximate surface area is 121 Å². The van der Waals surface area contributed by atoms with Crippen LogP contribution in [0, 0.1) is 0 Å². The average molecular weight is 283 g/mol. The first-order valence-electron chi connectivity index (χ1n) is 6.21. The highest BCUT2D eigenvalue weighted by Crippen LogP contribution is 2.31. The maximum atomic E-state index is 11.8. The summed E-state index contributed by atoms with van der Waals surface area (Å²) in [6.07, 6.45) is 1.95. The van der Waals surface area contributed by atoms with Crippen molar-refractivity contribution >= 4 is 23.2 Å². The molecule has 0 radical (unpaired) electrons. The van der Waals surface area contributed by atoms with E-state index in [1.54, 1.807) is 11.8 Å². The minimum Gasteiger partial charge on any atom is -0.465 e. The van der Waals surface area contributed by atoms with Crippen LogP contribution in [0.5, 0.6) is 0 Å². The molecule has 2 heterocycles. The van der Waals surface area contributed by atoms with Gasteiger partial charge in [-0.1, -0.05) is 36.0 Å². The van der Waals surface area contributed by atoms with E-state index in [9.17, 15) is 4.79 Å². The number of carbonyl (C=O) groups excluding carboxylic acids is 1. The van der Waals surface area contributed by atoms with E-state index in [1.165, 1.54) is 7.11 Å². The molecule has 3 aromatic rings. The van der Waals surface area contributed by atoms with Crippen LogP contribution in [-0.4, -0.2) is 17.5 Å². The van der Waals surface area contributed by atoms with Crippen LogP contribution in [0.2, 0.25) is 0 Å². The number of rotatable bonds is 3. The van der Waals surface area contributed by atoms with E-state index >= 15 is 0 Å². The van der Waals surface area contributed by atoms with Gasteiger partial charge in [0.25, 0.3) is 0 Å². The van der Waals surface area contributed by atoms with E-state index in [0.29, 0.717) is 5.56 Å². The zero-order chi connectivity index (χ0) is 13.9. The van der Waals surface area contributed by atoms with Crippen molar-refractivity contribution in [1.29, 1.82) is 0 Å². The molecule has 0 bridgehead atoms. The Kier molecular flexibility index (Phi) is 3.48. The molecule has 0 saturated heterocycles. The molecule has 0 fully saturated rings. The number of fused-ring (bicyclic) bond motifs is 1. The maximum absolute atomic E-state index is 11.8. The zero-order valence-electron chi connectivity index (χ0n) is 10.9. The maximum Gasteiger partial charge on any atom is 0.340 e. The number of esters is 1. The second kappa shape index (κ2) is 5.43. The fourth-order valence-corrected chi connectivity index (χ4v) is 3.05. The third-order valence-corrected chi connectivity index (χ3v) is 4.04. The number of aromatic nitrogens is 1. The molecule has 0 saturated carbocycles. The van der Waals surface area contributed by atoms with Crippen LogP contribution >= 0.6 is 11.8 Å². The monoisotopic (exact) mass is 283 g/mol. The number of pyridine rings is 1. The van der Waals surface area contributed by atoms with Gasteiger partial charge >= 0.3 is 5.97 Å². The van der Waals surface area contributed by atoms with Crippen LogP contribution in [0.4, 0.5) is 0 Å². The van der Waals surface area contributed by atoms with Gasteiger partial charge in [-0.3, -0.25) is 0 Å². The number of carbonyl (C=O) groups is 1. The molecular weight excluding hydrogens is 270 g/mol. The number of ether oxygens (including phenoxy) is 1. The van der Waals surface area contributed by atoms with Crippen molar-refractivity contribution in [3.63, 3.8) is 0 Å². The van der Waals surface area contributed by atoms with Gasteiger partial charge < -0.3 is 9.14 Å². The Morgan fingerprint density at radius 2 is 1.85 bits per heavy atom. The van der Waals surface area contributed by atoms with E-state index < -0.39 is 0 Å². The summed E-state index contributed by atoms with van der Waals surface area (Å²) in [7, 11) is 1.40. The van der Waals surface area contributed by atoms with E-state index in [1.807, 2.05) is 65.2 Å². The molecule has 1 aromatic carbocycles. The number of methoxy groups -OCH3 is 1. The van der Waals surface area contributed by atoms with Crippen molar-refractivity contribution < 1.29 is 9.53 Å². The second-order valence-electron chi connectivity index (χ2n) is 4.26. The lowest BCUT2D eigenvalue weighted by Crippen LogP contribution is -1.99. The SMILES string of the molecule is COC(=O)c1cc(Sc2ccccc2)n2ccccc12. The van der Waals surface area contributed by atoms with Crippen LogP contribution in [0.25, 0.3) is 5.52 Å². The van der Waals surface area contributed by atoms with Gasteiger partial charge in [-0.2, -0.15) is 0 Å². The van der Waals surface area contributed by atoms with Crippen LogP contribution in [-0.2, 0) is 4.74 Å². The highest BCUT2D eigenvalue weighted by atomic mass is 32.2. The van der Waals surface area contributed by atoms with Gasteiger partial charge in [0.05, 0.1) is 23.2 Å². The summed E-state index contributed by atoms with van der Waals surface area (Å²) in [6.45, 7) is 0. The topological polar surface area (TPSA) is 30.7 Å². The zero-order valence-corrected chi connectivity index (χ0v) is 11.8. The lowest BCUT2D eigenvalue weighted by Gasteiger charge is -2.02. The van der Waals surface area contributed by atoms with Crippen molar-refractivity contribution in [3.05, 3.63) is 66.4 Å². The number of hydrogen-bond acceptors (Lipinski definition) is 3. The summed E-state index contributed by atoms with van der Waals surface area (Å²) in [5, 5.41) is 0.993. The fourth-order valence-electron chi connectivity index (χ4n) is 2.08. The van der Waals surface area contributed by atoms with Crippen molar-refractivity contribution in [2.24, 2.45) is 0 Å². The summed E-state index contributed by atoms with van der Waals surface area (Å²) >= 11 is 1.62. The van der Waals surface area contributed by atoms with Crippen LogP contribution in [0.15, 0.2) is 70.7 Å². The highest BCUT2D eigenvalue weighted by Gasteiger charge is 2.15. The number of hydrogen-bond donors (Lipinski definition) is 0. The van der Waals surface area contributed by atoms with Crippen LogP contribution < -0.4 is 0 Å². The average Bonchev–Trinajstić information content (AvgIpc) is 2.87. The van der Waals surface area contributed by atoms with Gasteiger partial charge in [0, 0.05) is 11.1 Å². The summed E-state index contributed by atoms with van der Waals surface area (Å²) in [6, 6.07) is 17.7. The molecule has 2 aromatic heterocycles. The van der Waals surface area contributed by atoms with E-state index in [2.05, 4.69) is 0 Å². The normalized spacial score (nSPS) is 10.7. The first-order valence-corrected chi connectivity index (χ1v) is 7.02. The molecule has 3 nitrogen and oxygen atoms in total. The van der Waals surface area contributed by atoms with E-state index in [4.69, 9.17) is 4.74 Å². The Morgan fingerprint density at radius 1 is 1.10 bits per heavy atom. The predicted molar refractivity (Wildman–Crippen MR) is 79.3 cm³/mol. The van der Waals surface area contributed by atoms with Gasteiger partial charge in [-0.25, -0.2) is 4.79 Å². The molecular formula is C16H13NO2S. The first-order chi connectivity index (χ1) is 9.79. The van der Waals surface area contributed by atoms with Crippen molar-refractivity contribution in [1.82, 2.24) is 4.40 Å². The largest absolute Gasteiger partial charge is 0.465 e. The molecule has 0 amide bonds. The molecule has 100 valence electrons. The van der Waals surface area contributed by atoms with Crippen molar-refractivity contribution in [2.75, 3.05) is 7.11 Å². The summed E-state index contributed by atoms with van der Waals surface area (Å²) in [5.74, 6) is -0.311. The summed E-state index contributed by atoms with van der Waals surface area (Å²) < 4.78 is 6.85. The van der Waals surface area contributed by atoms with Gasteiger partial charge in [0.15, 0.2) is 0 Å². The third-order valence-electron chi connectivity index (χ3n) is 3.01. The summed E-state index contributed by atoms with van der Waals surface area (Å²) in [4.78, 5) is 13.0. The molecule has 0 aliphatic heterocycles. The lowest BCUT2D eigenvalue weighted by atomic mass is 10.2. The van der Waals surface area contributed by atoms with E-state index in [-0.39, 0.29) is 5.97 Å². The number of nitrogens with zero attached hydrogens (tertiary/aromatic N) is 1. The minimum absolute atomic E-state index is 0.311. The minimum atomic E-state index is -0.311. The van der Waals surface area contributed by atoms with Crippen molar-refractivity contribution in [2.45, 2.75) is 9.92 Å². The van der Waals surface area contributed by atoms with Crippen molar-refractivity contribution in [3.8, 4) is 0 Å². The molecule has 0 aliphatic carbocycles. The third kappa shape index (κ3) is 2.30. The van der Waals surface area contributed by atoms with Crippen LogP contribution in [0.3, 0.4) is 0 Å². The van der Waals surface area contributed by atoms with Gasteiger partial charge in [-0.05, 0) is 30.3 Å². The quantitative estimate of drug-likeness (QED) is 0.683. The van der Waals surface area contributed by atoms with Gasteiger partial charge in [0.2, 0.25) is 0 Å². The van der Waals surface area contributed by atoms with Crippen LogP contribution in [0.1, 0.15) is 10.4 Å². The Bertz CT molecular complexity index is 750. The number of benzene rings is 1. The molecule has 0 N–H and O–H groups in total. The van der Waals surface area contributed by atoms with Gasteiger partial charge in [0.1, 0.15) is 0 Å². The van der Waals surface area contributed by atoms with Gasteiger partial charge in [-0.15, -0.1) is 0 Å². The predicted octanol–water partition coefficient (Wildman–Crippen LogP) is 3.88. The Hall–Kier alpha value is -2.20. The molecule has 3 rings (SSSR count). The first kappa shape index (κ1) is 12.8. The molecule has 0 spiro atoms. The van der Waals surface area contributed by atoms with E-state index in [0.717, 1.165) is 15.4 Å². The lowest BCUT2D eigenvalue weighted by molar-refractivity contribution is 0.0603. The standard InChI is InChI=1S/C16H13NO2S/c1-19-16(18)13-11-15(17-10-6-5-9-14(13)17)20-12-7-3-2-4-8-12/h2-11H,1H3. The smallest absolute Gasteiger partial charge is 0.340 e. The Balaban J connectivity index is 2.09. The highest BCUT2D eigenvalue weighted by molar-refractivity contribution is 7.99. The summed E-state index contributed by atoms with van der Waals surface area (Å²) in [5.41, 5.74) is 1.45. The fraction of sp³-hybridized carbons (Fsp3) is 0.0625. The molecule has 0 aliphatic rings.